The number of amides is 1. The summed E-state index contributed by atoms with van der Waals surface area (Å²) in [6, 6.07) is 3.85. The quantitative estimate of drug-likeness (QED) is 0.911. The number of fused-ring (bicyclic) bond motifs is 1. The van der Waals surface area contributed by atoms with Crippen LogP contribution in [0.2, 0.25) is 0 Å². The van der Waals surface area contributed by atoms with Crippen LogP contribution in [0.4, 0.5) is 0 Å². The molecule has 23 heavy (non-hydrogen) atoms. The van der Waals surface area contributed by atoms with Crippen LogP contribution in [0.5, 0.6) is 0 Å². The number of pyridine rings is 1. The van der Waals surface area contributed by atoms with Crippen LogP contribution in [0, 0.1) is 12.8 Å². The van der Waals surface area contributed by atoms with E-state index in [1.54, 1.807) is 10.6 Å². The Morgan fingerprint density at radius 2 is 2.22 bits per heavy atom. The van der Waals surface area contributed by atoms with E-state index >= 15 is 0 Å². The fourth-order valence-electron chi connectivity index (χ4n) is 3.40. The van der Waals surface area contributed by atoms with Gasteiger partial charge in [0.15, 0.2) is 0 Å². The standard InChI is InChI=1S/C17H21N3O3/c1-11-6-8-20-10-13(18-14(20)9-11)15(21)19-17(2)7-4-3-5-12(17)16(22)23/h6,8-10,12H,3-5,7H2,1-2H3,(H,19,21)(H,22,23). The number of aliphatic carboxylic acids is 1. The summed E-state index contributed by atoms with van der Waals surface area (Å²) in [5.74, 6) is -1.72. The highest BCUT2D eigenvalue weighted by Gasteiger charge is 2.42. The normalized spacial score (nSPS) is 24.5. The average molecular weight is 315 g/mol. The van der Waals surface area contributed by atoms with E-state index in [2.05, 4.69) is 10.3 Å². The number of hydrogen-bond acceptors (Lipinski definition) is 3. The fraction of sp³-hybridized carbons (Fsp3) is 0.471. The molecule has 2 N–H and O–H groups in total. The summed E-state index contributed by atoms with van der Waals surface area (Å²) in [5, 5.41) is 12.4. The van der Waals surface area contributed by atoms with Gasteiger partial charge in [0.2, 0.25) is 0 Å². The number of aryl methyl sites for hydroxylation is 1. The molecule has 2 aromatic rings. The van der Waals surface area contributed by atoms with Crippen LogP contribution in [0.3, 0.4) is 0 Å². The van der Waals surface area contributed by atoms with Crippen LogP contribution >= 0.6 is 0 Å². The Balaban J connectivity index is 1.85. The molecule has 2 heterocycles. The van der Waals surface area contributed by atoms with Crippen molar-refractivity contribution in [3.63, 3.8) is 0 Å². The molecule has 2 atom stereocenters. The lowest BCUT2D eigenvalue weighted by Crippen LogP contribution is -2.55. The molecule has 1 amide bonds. The number of imidazole rings is 1. The van der Waals surface area contributed by atoms with Gasteiger partial charge < -0.3 is 14.8 Å². The molecular formula is C17H21N3O3. The maximum atomic E-state index is 12.6. The molecular weight excluding hydrogens is 294 g/mol. The van der Waals surface area contributed by atoms with E-state index in [1.165, 1.54) is 0 Å². The van der Waals surface area contributed by atoms with Gasteiger partial charge in [-0.05, 0) is 44.4 Å². The van der Waals surface area contributed by atoms with Crippen molar-refractivity contribution >= 4 is 17.5 Å². The van der Waals surface area contributed by atoms with Crippen LogP contribution < -0.4 is 5.32 Å². The van der Waals surface area contributed by atoms with Crippen LogP contribution in [-0.2, 0) is 4.79 Å². The third-order valence-corrected chi connectivity index (χ3v) is 4.75. The summed E-state index contributed by atoms with van der Waals surface area (Å²) in [6.45, 7) is 3.79. The zero-order valence-electron chi connectivity index (χ0n) is 13.4. The minimum Gasteiger partial charge on any atom is -0.481 e. The van der Waals surface area contributed by atoms with Gasteiger partial charge in [-0.3, -0.25) is 9.59 Å². The molecule has 3 rings (SSSR count). The number of nitrogens with zero attached hydrogens (tertiary/aromatic N) is 2. The van der Waals surface area contributed by atoms with Gasteiger partial charge >= 0.3 is 5.97 Å². The fourth-order valence-corrected chi connectivity index (χ4v) is 3.40. The minimum atomic E-state index is -0.849. The number of carbonyl (C=O) groups excluding carboxylic acids is 1. The van der Waals surface area contributed by atoms with Crippen molar-refractivity contribution in [1.82, 2.24) is 14.7 Å². The number of hydrogen-bond donors (Lipinski definition) is 2. The van der Waals surface area contributed by atoms with Gasteiger partial charge in [-0.25, -0.2) is 4.98 Å². The van der Waals surface area contributed by atoms with E-state index in [1.807, 2.05) is 32.2 Å². The van der Waals surface area contributed by atoms with Crippen molar-refractivity contribution in [2.45, 2.75) is 45.1 Å². The van der Waals surface area contributed by atoms with Crippen LogP contribution in [0.25, 0.3) is 5.65 Å². The number of rotatable bonds is 3. The smallest absolute Gasteiger partial charge is 0.308 e. The average Bonchev–Trinajstić information content (AvgIpc) is 2.90. The molecule has 0 aliphatic heterocycles. The second-order valence-electron chi connectivity index (χ2n) is 6.60. The number of nitrogens with one attached hydrogen (secondary N) is 1. The van der Waals surface area contributed by atoms with E-state index in [0.717, 1.165) is 18.4 Å². The third-order valence-electron chi connectivity index (χ3n) is 4.75. The van der Waals surface area contributed by atoms with E-state index in [-0.39, 0.29) is 5.91 Å². The Hall–Kier alpha value is -2.37. The largest absolute Gasteiger partial charge is 0.481 e. The Bertz CT molecular complexity index is 768. The van der Waals surface area contributed by atoms with Crippen molar-refractivity contribution in [2.75, 3.05) is 0 Å². The molecule has 2 aromatic heterocycles. The second-order valence-corrected chi connectivity index (χ2v) is 6.60. The van der Waals surface area contributed by atoms with Gasteiger partial charge in [-0.15, -0.1) is 0 Å². The first-order valence-corrected chi connectivity index (χ1v) is 7.90. The first kappa shape index (κ1) is 15.5. The predicted octanol–water partition coefficient (Wildman–Crippen LogP) is 2.41. The maximum Gasteiger partial charge on any atom is 0.308 e. The maximum absolute atomic E-state index is 12.6. The number of aromatic nitrogens is 2. The highest BCUT2D eigenvalue weighted by molar-refractivity contribution is 5.93. The molecule has 1 saturated carbocycles. The van der Waals surface area contributed by atoms with Gasteiger partial charge in [-0.2, -0.15) is 0 Å². The van der Waals surface area contributed by atoms with Gasteiger partial charge in [0.05, 0.1) is 11.5 Å². The summed E-state index contributed by atoms with van der Waals surface area (Å²) < 4.78 is 1.79. The number of carboxylic acids is 1. The molecule has 2 unspecified atom stereocenters. The summed E-state index contributed by atoms with van der Waals surface area (Å²) in [4.78, 5) is 28.4. The molecule has 6 nitrogen and oxygen atoms in total. The van der Waals surface area contributed by atoms with Crippen molar-refractivity contribution in [3.8, 4) is 0 Å². The monoisotopic (exact) mass is 315 g/mol. The Morgan fingerprint density at radius 3 is 2.96 bits per heavy atom. The lowest BCUT2D eigenvalue weighted by atomic mass is 9.74. The molecule has 1 aliphatic carbocycles. The van der Waals surface area contributed by atoms with Crippen molar-refractivity contribution in [3.05, 3.63) is 35.8 Å². The second kappa shape index (κ2) is 5.68. The number of carbonyl (C=O) groups is 2. The molecule has 0 bridgehead atoms. The molecule has 6 heteroatoms. The summed E-state index contributed by atoms with van der Waals surface area (Å²) in [7, 11) is 0. The molecule has 0 spiro atoms. The number of carboxylic acid groups (broad SMARTS) is 1. The lowest BCUT2D eigenvalue weighted by molar-refractivity contribution is -0.145. The highest BCUT2D eigenvalue weighted by atomic mass is 16.4. The summed E-state index contributed by atoms with van der Waals surface area (Å²) in [5.41, 5.74) is 1.36. The first-order chi connectivity index (χ1) is 10.9. The van der Waals surface area contributed by atoms with Gasteiger partial charge in [0.1, 0.15) is 11.3 Å². The van der Waals surface area contributed by atoms with E-state index in [9.17, 15) is 14.7 Å². The SMILES string of the molecule is Cc1ccn2cc(C(=O)NC3(C)CCCCC3C(=O)O)nc2c1. The zero-order chi connectivity index (χ0) is 16.6. The molecule has 0 aromatic carbocycles. The molecule has 1 fully saturated rings. The lowest BCUT2D eigenvalue weighted by Gasteiger charge is -2.39. The van der Waals surface area contributed by atoms with Gasteiger partial charge in [0, 0.05) is 12.4 Å². The van der Waals surface area contributed by atoms with Gasteiger partial charge in [0.25, 0.3) is 5.91 Å². The molecule has 0 saturated heterocycles. The summed E-state index contributed by atoms with van der Waals surface area (Å²) >= 11 is 0. The highest BCUT2D eigenvalue weighted by Crippen LogP contribution is 2.34. The predicted molar refractivity (Wildman–Crippen MR) is 85.4 cm³/mol. The van der Waals surface area contributed by atoms with Crippen molar-refractivity contribution in [2.24, 2.45) is 5.92 Å². The van der Waals surface area contributed by atoms with Crippen molar-refractivity contribution < 1.29 is 14.7 Å². The first-order valence-electron chi connectivity index (χ1n) is 7.90. The van der Waals surface area contributed by atoms with Crippen molar-refractivity contribution in [1.29, 1.82) is 0 Å². The third kappa shape index (κ3) is 2.93. The van der Waals surface area contributed by atoms with E-state index in [4.69, 9.17) is 0 Å². The zero-order valence-corrected chi connectivity index (χ0v) is 13.4. The Labute approximate surface area is 134 Å². The molecule has 1 aliphatic rings. The minimum absolute atomic E-state index is 0.312. The van der Waals surface area contributed by atoms with Crippen LogP contribution in [0.1, 0.15) is 48.7 Å². The summed E-state index contributed by atoms with van der Waals surface area (Å²) in [6.07, 6.45) is 6.60. The van der Waals surface area contributed by atoms with Crippen LogP contribution in [-0.4, -0.2) is 31.9 Å². The van der Waals surface area contributed by atoms with E-state index in [0.29, 0.717) is 24.2 Å². The molecule has 122 valence electrons. The van der Waals surface area contributed by atoms with Gasteiger partial charge in [-0.1, -0.05) is 12.8 Å². The van der Waals surface area contributed by atoms with Crippen LogP contribution in [0.15, 0.2) is 24.5 Å². The Morgan fingerprint density at radius 1 is 1.43 bits per heavy atom. The Kier molecular flexibility index (Phi) is 3.83. The topological polar surface area (TPSA) is 83.7 Å². The van der Waals surface area contributed by atoms with E-state index < -0.39 is 17.4 Å². The molecule has 0 radical (unpaired) electrons.